The van der Waals surface area contributed by atoms with Gasteiger partial charge in [0, 0.05) is 50.6 Å². The number of benzene rings is 1. The van der Waals surface area contributed by atoms with Crippen LogP contribution in [0.3, 0.4) is 0 Å². The predicted molar refractivity (Wildman–Crippen MR) is 131 cm³/mol. The molecule has 2 saturated heterocycles. The van der Waals surface area contributed by atoms with Gasteiger partial charge in [-0.25, -0.2) is 19.6 Å². The van der Waals surface area contributed by atoms with Crippen molar-refractivity contribution in [3.05, 3.63) is 54.4 Å². The number of hydrogen-bond donors (Lipinski definition) is 3. The summed E-state index contributed by atoms with van der Waals surface area (Å²) in [5.74, 6) is -4.80. The van der Waals surface area contributed by atoms with Gasteiger partial charge in [-0.2, -0.15) is 26.3 Å². The average Bonchev–Trinajstić information content (AvgIpc) is 3.31. The summed E-state index contributed by atoms with van der Waals surface area (Å²) in [5.41, 5.74) is 1.70. The minimum atomic E-state index is -5.08. The number of rotatable bonds is 7. The van der Waals surface area contributed by atoms with Crippen molar-refractivity contribution >= 4 is 17.9 Å². The van der Waals surface area contributed by atoms with E-state index in [1.807, 2.05) is 6.07 Å². The first-order valence-electron chi connectivity index (χ1n) is 12.2. The van der Waals surface area contributed by atoms with E-state index in [2.05, 4.69) is 50.5 Å². The lowest BCUT2D eigenvalue weighted by Crippen LogP contribution is -2.50. The normalized spacial score (nSPS) is 20.7. The lowest BCUT2D eigenvalue weighted by molar-refractivity contribution is -0.193. The van der Waals surface area contributed by atoms with Crippen LogP contribution in [0.2, 0.25) is 0 Å². The van der Waals surface area contributed by atoms with Gasteiger partial charge in [0.25, 0.3) is 0 Å². The Bertz CT molecular complexity index is 1040. The number of fused-ring (bicyclic) bond motifs is 1. The quantitative estimate of drug-likeness (QED) is 0.412. The molecule has 2 fully saturated rings. The maximum Gasteiger partial charge on any atom is 0.490 e. The molecule has 2 aromatic rings. The fourth-order valence-corrected chi connectivity index (χ4v) is 4.44. The molecule has 3 heterocycles. The molecule has 0 bridgehead atoms. The number of anilines is 1. The molecular weight excluding hydrogens is 550 g/mol. The Morgan fingerprint density at radius 1 is 1.00 bits per heavy atom. The maximum atomic E-state index is 10.6. The molecule has 9 nitrogen and oxygen atoms in total. The summed E-state index contributed by atoms with van der Waals surface area (Å²) in [6.07, 6.45) is -1.65. The number of alkyl halides is 6. The number of likely N-dealkylation sites (tertiary alicyclic amines) is 1. The fraction of sp³-hybridized carbons (Fsp3) is 0.520. The molecule has 2 aliphatic rings. The second-order valence-corrected chi connectivity index (χ2v) is 9.13. The molecule has 2 atom stereocenters. The van der Waals surface area contributed by atoms with E-state index in [1.165, 1.54) is 5.56 Å². The van der Waals surface area contributed by atoms with E-state index in [-0.39, 0.29) is 5.41 Å². The molecule has 1 aromatic heterocycles. The van der Waals surface area contributed by atoms with Crippen molar-refractivity contribution in [3.8, 4) is 0 Å². The van der Waals surface area contributed by atoms with E-state index < -0.39 is 24.3 Å². The van der Waals surface area contributed by atoms with Crippen LogP contribution in [0.5, 0.6) is 0 Å². The Hall–Kier alpha value is -3.46. The highest BCUT2D eigenvalue weighted by Gasteiger charge is 2.47. The van der Waals surface area contributed by atoms with Gasteiger partial charge in [0.05, 0.1) is 6.10 Å². The monoisotopic (exact) mass is 580 g/mol. The number of halogens is 6. The van der Waals surface area contributed by atoms with Crippen LogP contribution in [0.15, 0.2) is 48.8 Å². The lowest BCUT2D eigenvalue weighted by atomic mass is 9.74. The molecular formula is C25H30F6N4O5. The number of piperidine rings is 1. The lowest BCUT2D eigenvalue weighted by Gasteiger charge is -2.44. The summed E-state index contributed by atoms with van der Waals surface area (Å²) >= 11 is 0. The second-order valence-electron chi connectivity index (χ2n) is 9.13. The van der Waals surface area contributed by atoms with Crippen LogP contribution >= 0.6 is 0 Å². The number of hydrogen-bond acceptors (Lipinski definition) is 7. The zero-order chi connectivity index (χ0) is 29.8. The molecule has 0 spiro atoms. The second kappa shape index (κ2) is 14.8. The zero-order valence-corrected chi connectivity index (χ0v) is 21.3. The maximum absolute atomic E-state index is 10.6. The molecule has 15 heteroatoms. The third-order valence-corrected chi connectivity index (χ3v) is 6.36. The first-order chi connectivity index (χ1) is 18.7. The Morgan fingerprint density at radius 2 is 1.57 bits per heavy atom. The number of ether oxygens (including phenoxy) is 1. The highest BCUT2D eigenvalue weighted by molar-refractivity contribution is 5.73. The Labute approximate surface area is 226 Å². The number of aromatic nitrogens is 2. The van der Waals surface area contributed by atoms with Gasteiger partial charge in [-0.05, 0) is 37.3 Å². The minimum Gasteiger partial charge on any atom is -0.475 e. The number of aliphatic carboxylic acids is 2. The van der Waals surface area contributed by atoms with Crippen molar-refractivity contribution in [3.63, 3.8) is 0 Å². The molecule has 1 aromatic carbocycles. The largest absolute Gasteiger partial charge is 0.490 e. The Balaban J connectivity index is 0.000000333. The summed E-state index contributed by atoms with van der Waals surface area (Å²) in [5, 5.41) is 17.6. The van der Waals surface area contributed by atoms with Crippen molar-refractivity contribution in [2.24, 2.45) is 5.41 Å². The number of carboxylic acid groups (broad SMARTS) is 2. The number of nitrogens with one attached hydrogen (secondary N) is 1. The van der Waals surface area contributed by atoms with E-state index in [9.17, 15) is 26.3 Å². The van der Waals surface area contributed by atoms with Crippen molar-refractivity contribution < 1.29 is 50.9 Å². The van der Waals surface area contributed by atoms with Gasteiger partial charge in [0.1, 0.15) is 0 Å². The van der Waals surface area contributed by atoms with Crippen LogP contribution < -0.4 is 5.32 Å². The van der Waals surface area contributed by atoms with Gasteiger partial charge in [0.15, 0.2) is 0 Å². The van der Waals surface area contributed by atoms with E-state index in [0.717, 1.165) is 64.4 Å². The molecule has 4 rings (SSSR count). The molecule has 0 aliphatic carbocycles. The van der Waals surface area contributed by atoms with Crippen LogP contribution in [0.25, 0.3) is 0 Å². The topological polar surface area (TPSA) is 125 Å². The predicted octanol–water partition coefficient (Wildman–Crippen LogP) is 4.27. The van der Waals surface area contributed by atoms with E-state index in [4.69, 9.17) is 24.5 Å². The molecule has 0 radical (unpaired) electrons. The van der Waals surface area contributed by atoms with Crippen LogP contribution in [-0.4, -0.2) is 88.3 Å². The molecule has 40 heavy (non-hydrogen) atoms. The van der Waals surface area contributed by atoms with Crippen molar-refractivity contribution in [2.75, 3.05) is 38.1 Å². The third-order valence-electron chi connectivity index (χ3n) is 6.36. The minimum absolute atomic E-state index is 0.275. The van der Waals surface area contributed by atoms with Gasteiger partial charge in [-0.3, -0.25) is 0 Å². The van der Waals surface area contributed by atoms with Crippen LogP contribution in [-0.2, 0) is 20.7 Å². The summed E-state index contributed by atoms with van der Waals surface area (Å²) in [7, 11) is 0. The van der Waals surface area contributed by atoms with Gasteiger partial charge in [0.2, 0.25) is 5.95 Å². The van der Waals surface area contributed by atoms with E-state index >= 15 is 0 Å². The van der Waals surface area contributed by atoms with E-state index in [0.29, 0.717) is 6.10 Å². The first-order valence-corrected chi connectivity index (χ1v) is 12.2. The Morgan fingerprint density at radius 3 is 2.12 bits per heavy atom. The molecule has 222 valence electrons. The van der Waals surface area contributed by atoms with Crippen molar-refractivity contribution in [1.29, 1.82) is 0 Å². The van der Waals surface area contributed by atoms with Crippen LogP contribution in [0.4, 0.5) is 32.3 Å². The summed E-state index contributed by atoms with van der Waals surface area (Å²) in [4.78, 5) is 28.9. The molecule has 3 N–H and O–H groups in total. The fourth-order valence-electron chi connectivity index (χ4n) is 4.44. The van der Waals surface area contributed by atoms with Gasteiger partial charge in [-0.15, -0.1) is 0 Å². The molecule has 2 aliphatic heterocycles. The third kappa shape index (κ3) is 11.0. The van der Waals surface area contributed by atoms with Gasteiger partial charge < -0.3 is 25.2 Å². The van der Waals surface area contributed by atoms with Gasteiger partial charge in [-0.1, -0.05) is 30.3 Å². The number of carboxylic acids is 2. The summed E-state index contributed by atoms with van der Waals surface area (Å²) < 4.78 is 69.6. The number of carbonyl (C=O) groups is 2. The van der Waals surface area contributed by atoms with Gasteiger partial charge >= 0.3 is 24.3 Å². The summed E-state index contributed by atoms with van der Waals surface area (Å²) in [6.45, 7) is 5.22. The first kappa shape index (κ1) is 32.8. The number of nitrogens with zero attached hydrogens (tertiary/aromatic N) is 3. The zero-order valence-electron chi connectivity index (χ0n) is 21.3. The Kier molecular flexibility index (Phi) is 12.1. The average molecular weight is 581 g/mol. The molecule has 0 saturated carbocycles. The van der Waals surface area contributed by atoms with Crippen LogP contribution in [0, 0.1) is 5.41 Å². The smallest absolute Gasteiger partial charge is 0.475 e. The van der Waals surface area contributed by atoms with Crippen molar-refractivity contribution in [2.45, 2.75) is 44.1 Å². The van der Waals surface area contributed by atoms with E-state index in [1.54, 1.807) is 12.4 Å². The standard InChI is InChI=1S/C21H28N4O.2C2HF3O2/c1-2-5-18(6-3-1)7-14-25-15-8-19-21(17-25,10-16-26-19)9-13-24-20-22-11-4-12-23-20;2*3-2(4,5)1(6)7/h1-6,11-12,19H,7-10,13-17H2,(H,22,23,24);2*(H,6,7)/t19-,21+;;/m1../s1. The van der Waals surface area contributed by atoms with Crippen molar-refractivity contribution in [1.82, 2.24) is 14.9 Å². The SMILES string of the molecule is O=C(O)C(F)(F)F.O=C(O)C(F)(F)F.c1ccc(CCN2CC[C@H]3OCC[C@@]3(CCNc3ncccn3)C2)cc1. The molecule has 0 unspecified atom stereocenters. The van der Waals surface area contributed by atoms with Crippen LogP contribution in [0.1, 0.15) is 24.8 Å². The molecule has 0 amide bonds. The summed E-state index contributed by atoms with van der Waals surface area (Å²) in [6, 6.07) is 12.6. The highest BCUT2D eigenvalue weighted by Crippen LogP contribution is 2.43. The highest BCUT2D eigenvalue weighted by atomic mass is 19.4.